The number of aromatic nitrogens is 1. The molecule has 0 spiro atoms. The van der Waals surface area contributed by atoms with Gasteiger partial charge in [0.2, 0.25) is 17.7 Å². The summed E-state index contributed by atoms with van der Waals surface area (Å²) < 4.78 is 0. The second-order valence-corrected chi connectivity index (χ2v) is 8.67. The smallest absolute Gasteiger partial charge is 0.325 e. The van der Waals surface area contributed by atoms with Gasteiger partial charge >= 0.3 is 5.97 Å². The molecule has 1 aromatic carbocycles. The average molecular weight is 476 g/mol. The van der Waals surface area contributed by atoms with Crippen LogP contribution in [0.4, 0.5) is 0 Å². The first kappa shape index (κ1) is 26.8. The summed E-state index contributed by atoms with van der Waals surface area (Å²) in [5.41, 5.74) is 7.23. The zero-order chi connectivity index (χ0) is 25.4. The molecule has 0 aliphatic rings. The summed E-state index contributed by atoms with van der Waals surface area (Å²) in [5, 5.41) is 26.7. The van der Waals surface area contributed by atoms with Gasteiger partial charge in [0, 0.05) is 23.5 Å². The van der Waals surface area contributed by atoms with Crippen LogP contribution in [-0.2, 0) is 25.6 Å². The van der Waals surface area contributed by atoms with E-state index in [9.17, 15) is 24.3 Å². The summed E-state index contributed by atoms with van der Waals surface area (Å²) in [7, 11) is 0. The Morgan fingerprint density at radius 2 is 1.59 bits per heavy atom. The molecule has 0 radical (unpaired) electrons. The highest BCUT2D eigenvalue weighted by Crippen LogP contribution is 2.19. The lowest BCUT2D eigenvalue weighted by Crippen LogP contribution is -2.58. The fourth-order valence-corrected chi connectivity index (χ4v) is 3.44. The van der Waals surface area contributed by atoms with E-state index >= 15 is 0 Å². The first-order valence-electron chi connectivity index (χ1n) is 11.1. The quantitative estimate of drug-likeness (QED) is 0.218. The maximum absolute atomic E-state index is 13.2. The van der Waals surface area contributed by atoms with Crippen LogP contribution in [0.1, 0.15) is 32.8 Å². The molecular weight excluding hydrogens is 442 g/mol. The van der Waals surface area contributed by atoms with Crippen LogP contribution in [0.15, 0.2) is 30.5 Å². The Hall–Kier alpha value is -3.44. The van der Waals surface area contributed by atoms with Crippen molar-refractivity contribution in [1.82, 2.24) is 20.9 Å². The highest BCUT2D eigenvalue weighted by molar-refractivity contribution is 5.94. The summed E-state index contributed by atoms with van der Waals surface area (Å²) >= 11 is 0. The number of carboxylic acids is 1. The number of aliphatic carboxylic acids is 1. The van der Waals surface area contributed by atoms with Gasteiger partial charge in [-0.3, -0.25) is 19.2 Å². The van der Waals surface area contributed by atoms with E-state index in [0.29, 0.717) is 0 Å². The number of hydrogen-bond acceptors (Lipinski definition) is 6. The fourth-order valence-electron chi connectivity index (χ4n) is 3.44. The number of nitrogens with one attached hydrogen (secondary N) is 4. The van der Waals surface area contributed by atoms with Gasteiger partial charge < -0.3 is 36.9 Å². The van der Waals surface area contributed by atoms with Gasteiger partial charge in [0.15, 0.2) is 0 Å². The van der Waals surface area contributed by atoms with Crippen LogP contribution >= 0.6 is 0 Å². The second-order valence-electron chi connectivity index (χ2n) is 8.67. The normalized spacial score (nSPS) is 14.8. The lowest BCUT2D eigenvalue weighted by atomic mass is 10.0. The zero-order valence-electron chi connectivity index (χ0n) is 19.5. The molecule has 0 saturated heterocycles. The van der Waals surface area contributed by atoms with Gasteiger partial charge in [-0.2, -0.15) is 0 Å². The van der Waals surface area contributed by atoms with Crippen LogP contribution in [0.3, 0.4) is 0 Å². The van der Waals surface area contributed by atoms with Crippen LogP contribution in [0.2, 0.25) is 0 Å². The molecule has 1 aromatic heterocycles. The van der Waals surface area contributed by atoms with Gasteiger partial charge in [0.05, 0.1) is 6.61 Å². The van der Waals surface area contributed by atoms with Crippen molar-refractivity contribution >= 4 is 34.6 Å². The number of fused-ring (bicyclic) bond motifs is 1. The highest BCUT2D eigenvalue weighted by atomic mass is 16.4. The standard InChI is InChI=1S/C23H33N5O6/c1-12(2)8-18(21(31)26-13(3)23(33)34)28-22(32)19(27-20(30)16(24)11-29)9-14-10-25-17-7-5-4-6-15(14)17/h4-7,10,12-13,16,18-19,25,29H,8-9,11,24H2,1-3H3,(H,26,31)(H,27,30)(H,28,32)(H,33,34). The van der Waals surface area contributed by atoms with Crippen LogP contribution in [-0.4, -0.2) is 69.7 Å². The molecule has 11 heteroatoms. The Labute approximate surface area is 197 Å². The SMILES string of the molecule is CC(C)CC(NC(=O)C(Cc1c[nH]c2ccccc12)NC(=O)C(N)CO)C(=O)NC(C)C(=O)O. The number of amides is 3. The molecule has 0 saturated carbocycles. The van der Waals surface area contributed by atoms with E-state index in [1.54, 1.807) is 6.20 Å². The molecule has 34 heavy (non-hydrogen) atoms. The topological polar surface area (TPSA) is 187 Å². The van der Waals surface area contributed by atoms with Gasteiger partial charge in [0.1, 0.15) is 24.2 Å². The number of aromatic amines is 1. The number of carbonyl (C=O) groups excluding carboxylic acids is 3. The summed E-state index contributed by atoms with van der Waals surface area (Å²) in [4.78, 5) is 52.5. The third kappa shape index (κ3) is 7.29. The molecule has 0 aliphatic carbocycles. The number of carboxylic acid groups (broad SMARTS) is 1. The molecule has 4 atom stereocenters. The molecule has 0 aliphatic heterocycles. The summed E-state index contributed by atoms with van der Waals surface area (Å²) in [6.07, 6.45) is 2.09. The van der Waals surface area contributed by atoms with Crippen molar-refractivity contribution in [3.8, 4) is 0 Å². The van der Waals surface area contributed by atoms with Crippen molar-refractivity contribution in [2.24, 2.45) is 11.7 Å². The van der Waals surface area contributed by atoms with Gasteiger partial charge in [-0.15, -0.1) is 0 Å². The second kappa shape index (κ2) is 12.1. The lowest BCUT2D eigenvalue weighted by Gasteiger charge is -2.25. The van der Waals surface area contributed by atoms with Crippen molar-refractivity contribution in [3.05, 3.63) is 36.0 Å². The fraction of sp³-hybridized carbons (Fsp3) is 0.478. The molecule has 186 valence electrons. The largest absolute Gasteiger partial charge is 0.480 e. The van der Waals surface area contributed by atoms with Crippen molar-refractivity contribution in [2.45, 2.75) is 57.8 Å². The molecule has 8 N–H and O–H groups in total. The van der Waals surface area contributed by atoms with Gasteiger partial charge in [-0.25, -0.2) is 0 Å². The number of carbonyl (C=O) groups is 4. The Morgan fingerprint density at radius 1 is 0.971 bits per heavy atom. The molecule has 1 heterocycles. The molecule has 11 nitrogen and oxygen atoms in total. The van der Waals surface area contributed by atoms with Crippen molar-refractivity contribution in [3.63, 3.8) is 0 Å². The number of nitrogens with two attached hydrogens (primary N) is 1. The molecule has 4 unspecified atom stereocenters. The predicted octanol–water partition coefficient (Wildman–Crippen LogP) is -0.365. The Kier molecular flexibility index (Phi) is 9.58. The maximum atomic E-state index is 13.2. The molecule has 0 bridgehead atoms. The van der Waals surface area contributed by atoms with Crippen molar-refractivity contribution in [1.29, 1.82) is 0 Å². The van der Waals surface area contributed by atoms with E-state index in [4.69, 9.17) is 10.8 Å². The van der Waals surface area contributed by atoms with Gasteiger partial charge in [0.25, 0.3) is 0 Å². The van der Waals surface area contributed by atoms with Crippen LogP contribution in [0, 0.1) is 5.92 Å². The van der Waals surface area contributed by atoms with E-state index in [-0.39, 0.29) is 18.8 Å². The van der Waals surface area contributed by atoms with Crippen molar-refractivity contribution in [2.75, 3.05) is 6.61 Å². The lowest BCUT2D eigenvalue weighted by molar-refractivity contribution is -0.142. The van der Waals surface area contributed by atoms with Gasteiger partial charge in [-0.1, -0.05) is 32.0 Å². The minimum atomic E-state index is -1.22. The highest BCUT2D eigenvalue weighted by Gasteiger charge is 2.30. The number of H-pyrrole nitrogens is 1. The molecule has 2 aromatic rings. The number of benzene rings is 1. The van der Waals surface area contributed by atoms with Crippen LogP contribution in [0.25, 0.3) is 10.9 Å². The maximum Gasteiger partial charge on any atom is 0.325 e. The summed E-state index contributed by atoms with van der Waals surface area (Å²) in [5.74, 6) is -3.17. The van der Waals surface area contributed by atoms with Crippen LogP contribution in [0.5, 0.6) is 0 Å². The average Bonchev–Trinajstić information content (AvgIpc) is 3.19. The summed E-state index contributed by atoms with van der Waals surface area (Å²) in [6.45, 7) is 4.45. The van der Waals surface area contributed by atoms with Gasteiger partial charge in [-0.05, 0) is 30.9 Å². The number of rotatable bonds is 12. The van der Waals surface area contributed by atoms with Crippen molar-refractivity contribution < 1.29 is 29.4 Å². The van der Waals surface area contributed by atoms with E-state index in [1.165, 1.54) is 6.92 Å². The number of hydrogen-bond donors (Lipinski definition) is 7. The Bertz CT molecular complexity index is 1020. The molecule has 2 rings (SSSR count). The minimum absolute atomic E-state index is 0.0145. The molecule has 0 fully saturated rings. The first-order valence-corrected chi connectivity index (χ1v) is 11.1. The first-order chi connectivity index (χ1) is 16.0. The number of aliphatic hydroxyl groups excluding tert-OH is 1. The predicted molar refractivity (Wildman–Crippen MR) is 126 cm³/mol. The number of para-hydroxylation sites is 1. The van der Waals surface area contributed by atoms with Crippen LogP contribution < -0.4 is 21.7 Å². The van der Waals surface area contributed by atoms with E-state index in [1.807, 2.05) is 38.1 Å². The van der Waals surface area contributed by atoms with E-state index in [2.05, 4.69) is 20.9 Å². The third-order valence-corrected chi connectivity index (χ3v) is 5.33. The summed E-state index contributed by atoms with van der Waals surface area (Å²) in [6, 6.07) is 3.00. The Morgan fingerprint density at radius 3 is 2.21 bits per heavy atom. The van der Waals surface area contributed by atoms with E-state index < -0.39 is 54.5 Å². The molecule has 3 amide bonds. The zero-order valence-corrected chi connectivity index (χ0v) is 19.5. The third-order valence-electron chi connectivity index (χ3n) is 5.33. The number of aliphatic hydroxyl groups is 1. The molecular formula is C23H33N5O6. The Balaban J connectivity index is 2.27. The monoisotopic (exact) mass is 475 g/mol. The minimum Gasteiger partial charge on any atom is -0.480 e. The van der Waals surface area contributed by atoms with E-state index in [0.717, 1.165) is 16.5 Å².